The van der Waals surface area contributed by atoms with Gasteiger partial charge in [-0.05, 0) is 43.3 Å². The number of ether oxygens (including phenoxy) is 2. The molecule has 0 atom stereocenters. The number of hydrogen-bond donors (Lipinski definition) is 2. The summed E-state index contributed by atoms with van der Waals surface area (Å²) in [4.78, 5) is 16.7. The Hall–Kier alpha value is -3.54. The highest BCUT2D eigenvalue weighted by Gasteiger charge is 2.11. The quantitative estimate of drug-likeness (QED) is 0.647. The molecule has 0 aliphatic carbocycles. The van der Waals surface area contributed by atoms with E-state index in [0.29, 0.717) is 23.7 Å². The Morgan fingerprint density at radius 2 is 1.67 bits per heavy atom. The molecule has 0 bridgehead atoms. The average Bonchev–Trinajstić information content (AvgIpc) is 2.70. The van der Waals surface area contributed by atoms with Crippen molar-refractivity contribution in [2.75, 3.05) is 24.4 Å². The fraction of sp³-hybridized carbons (Fsp3) is 0.143. The van der Waals surface area contributed by atoms with Crippen LogP contribution in [0.1, 0.15) is 17.4 Å². The lowest BCUT2D eigenvalue weighted by molar-refractivity contribution is 0.102. The molecule has 0 unspecified atom stereocenters. The summed E-state index contributed by atoms with van der Waals surface area (Å²) in [5, 5.41) is 6.06. The maximum Gasteiger partial charge on any atom is 0.274 e. The van der Waals surface area contributed by atoms with E-state index in [4.69, 9.17) is 9.47 Å². The van der Waals surface area contributed by atoms with Crippen molar-refractivity contribution in [3.63, 3.8) is 0 Å². The first-order chi connectivity index (χ1) is 13.2. The van der Waals surface area contributed by atoms with Crippen molar-refractivity contribution < 1.29 is 14.3 Å². The first kappa shape index (κ1) is 18.3. The van der Waals surface area contributed by atoms with Crippen molar-refractivity contribution in [3.8, 4) is 11.5 Å². The Bertz CT molecular complexity index is 911. The minimum Gasteiger partial charge on any atom is -0.495 e. The van der Waals surface area contributed by atoms with Gasteiger partial charge in [0.05, 0.1) is 37.0 Å². The predicted octanol–water partition coefficient (Wildman–Crippen LogP) is 4.48. The monoisotopic (exact) mass is 363 g/mol. The van der Waals surface area contributed by atoms with Gasteiger partial charge in [0.1, 0.15) is 17.2 Å². The van der Waals surface area contributed by atoms with Crippen molar-refractivity contribution >= 4 is 23.0 Å². The van der Waals surface area contributed by atoms with Crippen LogP contribution < -0.4 is 20.1 Å². The van der Waals surface area contributed by atoms with E-state index in [1.54, 1.807) is 37.6 Å². The van der Waals surface area contributed by atoms with E-state index in [0.717, 1.165) is 17.1 Å². The molecule has 6 heteroatoms. The number of pyridine rings is 1. The van der Waals surface area contributed by atoms with Gasteiger partial charge in [0.15, 0.2) is 0 Å². The summed E-state index contributed by atoms with van der Waals surface area (Å²) >= 11 is 0. The van der Waals surface area contributed by atoms with E-state index in [1.807, 2.05) is 43.3 Å². The van der Waals surface area contributed by atoms with E-state index >= 15 is 0 Å². The van der Waals surface area contributed by atoms with Crippen LogP contribution in [0.5, 0.6) is 11.5 Å². The number of nitrogens with one attached hydrogen (secondary N) is 2. The van der Waals surface area contributed by atoms with Gasteiger partial charge in [0.25, 0.3) is 5.91 Å². The fourth-order valence-electron chi connectivity index (χ4n) is 2.54. The van der Waals surface area contributed by atoms with Crippen molar-refractivity contribution in [2.24, 2.45) is 0 Å². The van der Waals surface area contributed by atoms with Crippen molar-refractivity contribution in [3.05, 3.63) is 72.6 Å². The molecule has 0 aliphatic heterocycles. The third-order valence-corrected chi connectivity index (χ3v) is 3.82. The first-order valence-electron chi connectivity index (χ1n) is 8.60. The number of para-hydroxylation sites is 4. The summed E-state index contributed by atoms with van der Waals surface area (Å²) in [5.74, 6) is 1.05. The molecule has 0 saturated carbocycles. The number of carbonyl (C=O) groups is 1. The second-order valence-electron chi connectivity index (χ2n) is 5.64. The number of aromatic nitrogens is 1. The van der Waals surface area contributed by atoms with E-state index < -0.39 is 0 Å². The number of carbonyl (C=O) groups excluding carboxylic acids is 1. The highest BCUT2D eigenvalue weighted by atomic mass is 16.5. The largest absolute Gasteiger partial charge is 0.495 e. The summed E-state index contributed by atoms with van der Waals surface area (Å²) in [5.41, 5.74) is 2.51. The van der Waals surface area contributed by atoms with Gasteiger partial charge in [-0.15, -0.1) is 0 Å². The van der Waals surface area contributed by atoms with Crippen LogP contribution in [0, 0.1) is 0 Å². The Kier molecular flexibility index (Phi) is 5.89. The summed E-state index contributed by atoms with van der Waals surface area (Å²) in [6.45, 7) is 2.52. The second-order valence-corrected chi connectivity index (χ2v) is 5.64. The van der Waals surface area contributed by atoms with Gasteiger partial charge in [-0.2, -0.15) is 0 Å². The first-order valence-corrected chi connectivity index (χ1v) is 8.60. The molecule has 3 aromatic rings. The minimum atomic E-state index is -0.305. The Labute approximate surface area is 158 Å². The smallest absolute Gasteiger partial charge is 0.274 e. The molecule has 1 amide bonds. The number of anilines is 3. The zero-order chi connectivity index (χ0) is 19.1. The van der Waals surface area contributed by atoms with Crippen LogP contribution in [0.25, 0.3) is 0 Å². The van der Waals surface area contributed by atoms with Gasteiger partial charge in [0, 0.05) is 0 Å². The lowest BCUT2D eigenvalue weighted by Crippen LogP contribution is -2.14. The number of amides is 1. The van der Waals surface area contributed by atoms with Crippen LogP contribution in [-0.2, 0) is 0 Å². The van der Waals surface area contributed by atoms with Crippen LogP contribution in [-0.4, -0.2) is 24.6 Å². The van der Waals surface area contributed by atoms with E-state index in [9.17, 15) is 4.79 Å². The van der Waals surface area contributed by atoms with Crippen LogP contribution in [0.4, 0.5) is 17.1 Å². The highest BCUT2D eigenvalue weighted by Crippen LogP contribution is 2.27. The van der Waals surface area contributed by atoms with Crippen molar-refractivity contribution in [1.82, 2.24) is 4.98 Å². The Morgan fingerprint density at radius 1 is 0.963 bits per heavy atom. The van der Waals surface area contributed by atoms with Gasteiger partial charge < -0.3 is 20.1 Å². The molecule has 3 rings (SSSR count). The lowest BCUT2D eigenvalue weighted by Gasteiger charge is -2.12. The normalized spacial score (nSPS) is 10.1. The van der Waals surface area contributed by atoms with Gasteiger partial charge in [-0.1, -0.05) is 24.3 Å². The summed E-state index contributed by atoms with van der Waals surface area (Å²) in [7, 11) is 1.56. The third kappa shape index (κ3) is 4.55. The third-order valence-electron chi connectivity index (χ3n) is 3.82. The van der Waals surface area contributed by atoms with Crippen molar-refractivity contribution in [2.45, 2.75) is 6.92 Å². The zero-order valence-corrected chi connectivity index (χ0v) is 15.2. The molecule has 138 valence electrons. The van der Waals surface area contributed by atoms with E-state index in [1.165, 1.54) is 0 Å². The predicted molar refractivity (Wildman–Crippen MR) is 106 cm³/mol. The topological polar surface area (TPSA) is 72.5 Å². The molecule has 2 N–H and O–H groups in total. The summed E-state index contributed by atoms with van der Waals surface area (Å²) < 4.78 is 10.8. The number of methoxy groups -OCH3 is 1. The molecule has 0 saturated heterocycles. The maximum absolute atomic E-state index is 12.4. The number of hydrogen-bond acceptors (Lipinski definition) is 5. The zero-order valence-electron chi connectivity index (χ0n) is 15.2. The Morgan fingerprint density at radius 3 is 2.33 bits per heavy atom. The van der Waals surface area contributed by atoms with Crippen LogP contribution in [0.15, 0.2) is 66.9 Å². The molecule has 1 heterocycles. The molecular weight excluding hydrogens is 342 g/mol. The van der Waals surface area contributed by atoms with E-state index in [-0.39, 0.29) is 5.91 Å². The van der Waals surface area contributed by atoms with E-state index in [2.05, 4.69) is 15.6 Å². The SMILES string of the molecule is CCOc1ccccc1Nc1ccc(C(=O)Nc2ccccc2OC)nc1. The second kappa shape index (κ2) is 8.71. The van der Waals surface area contributed by atoms with Gasteiger partial charge >= 0.3 is 0 Å². The summed E-state index contributed by atoms with van der Waals surface area (Å²) in [6, 6.07) is 18.4. The van der Waals surface area contributed by atoms with Gasteiger partial charge in [-0.3, -0.25) is 4.79 Å². The standard InChI is InChI=1S/C21H21N3O3/c1-3-27-20-11-7-5-9-17(20)23-15-12-13-18(22-14-15)21(25)24-16-8-4-6-10-19(16)26-2/h4-14,23H,3H2,1-2H3,(H,24,25). The van der Waals surface area contributed by atoms with Gasteiger partial charge in [0.2, 0.25) is 0 Å². The molecule has 27 heavy (non-hydrogen) atoms. The van der Waals surface area contributed by atoms with Crippen LogP contribution >= 0.6 is 0 Å². The molecule has 6 nitrogen and oxygen atoms in total. The molecule has 0 aliphatic rings. The minimum absolute atomic E-state index is 0.305. The van der Waals surface area contributed by atoms with Crippen LogP contribution in [0.3, 0.4) is 0 Å². The number of benzene rings is 2. The molecule has 1 aromatic heterocycles. The molecular formula is C21H21N3O3. The molecule has 0 fully saturated rings. The number of rotatable bonds is 7. The lowest BCUT2D eigenvalue weighted by atomic mass is 10.2. The summed E-state index contributed by atoms with van der Waals surface area (Å²) in [6.07, 6.45) is 1.61. The van der Waals surface area contributed by atoms with Crippen molar-refractivity contribution in [1.29, 1.82) is 0 Å². The highest BCUT2D eigenvalue weighted by molar-refractivity contribution is 6.03. The number of nitrogens with zero attached hydrogens (tertiary/aromatic N) is 1. The molecule has 0 spiro atoms. The molecule has 0 radical (unpaired) electrons. The fourth-order valence-corrected chi connectivity index (χ4v) is 2.54. The van der Waals surface area contributed by atoms with Gasteiger partial charge in [-0.25, -0.2) is 4.98 Å². The maximum atomic E-state index is 12.4. The Balaban J connectivity index is 1.71. The molecule has 2 aromatic carbocycles. The van der Waals surface area contributed by atoms with Crippen LogP contribution in [0.2, 0.25) is 0 Å². The average molecular weight is 363 g/mol.